The van der Waals surface area contributed by atoms with Crippen LogP contribution in [0.3, 0.4) is 0 Å². The summed E-state index contributed by atoms with van der Waals surface area (Å²) in [5, 5.41) is 6.23. The number of aryl methyl sites for hydroxylation is 1. The summed E-state index contributed by atoms with van der Waals surface area (Å²) in [4.78, 5) is 12.1. The number of nitrogens with one attached hydrogen (secondary N) is 1. The second-order valence-electron chi connectivity index (χ2n) is 5.66. The van der Waals surface area contributed by atoms with Crippen LogP contribution in [-0.4, -0.2) is 67.2 Å². The van der Waals surface area contributed by atoms with Crippen LogP contribution in [0.25, 0.3) is 0 Å². The summed E-state index contributed by atoms with van der Waals surface area (Å²) >= 11 is 1.61. The van der Waals surface area contributed by atoms with Crippen molar-refractivity contribution in [2.24, 2.45) is 4.99 Å². The lowest BCUT2D eigenvalue weighted by molar-refractivity contribution is -0.143. The van der Waals surface area contributed by atoms with E-state index in [-0.39, 0.29) is 24.0 Å². The Bertz CT molecular complexity index is 522. The predicted octanol–water partition coefficient (Wildman–Crippen LogP) is 3.35. The van der Waals surface area contributed by atoms with Gasteiger partial charge in [-0.2, -0.15) is 13.2 Å². The highest BCUT2D eigenvalue weighted by Crippen LogP contribution is 2.15. The summed E-state index contributed by atoms with van der Waals surface area (Å²) in [6.45, 7) is 5.26. The SMILES string of the molecule is CCNC(=NCCCN(C)CC(F)(F)F)N(C)Cc1csc(C)n1.I. The normalized spacial score (nSPS) is 12.2. The van der Waals surface area contributed by atoms with Crippen molar-refractivity contribution in [2.75, 3.05) is 40.3 Å². The molecule has 0 atom stereocenters. The Hall–Kier alpha value is -0.620. The maximum atomic E-state index is 12.3. The third kappa shape index (κ3) is 10.9. The Kier molecular flexibility index (Phi) is 11.6. The molecule has 1 aromatic heterocycles. The van der Waals surface area contributed by atoms with Gasteiger partial charge in [-0.15, -0.1) is 35.3 Å². The van der Waals surface area contributed by atoms with Crippen LogP contribution in [-0.2, 0) is 6.54 Å². The molecule has 0 aliphatic carbocycles. The number of thiazole rings is 1. The Morgan fingerprint density at radius 2 is 2.04 bits per heavy atom. The summed E-state index contributed by atoms with van der Waals surface area (Å²) in [5.74, 6) is 0.738. The van der Waals surface area contributed by atoms with Crippen LogP contribution >= 0.6 is 35.3 Å². The molecule has 0 saturated heterocycles. The maximum absolute atomic E-state index is 12.3. The van der Waals surface area contributed by atoms with Crippen LogP contribution < -0.4 is 5.32 Å². The average Bonchev–Trinajstić information content (AvgIpc) is 2.85. The van der Waals surface area contributed by atoms with Crippen molar-refractivity contribution >= 4 is 41.3 Å². The summed E-state index contributed by atoms with van der Waals surface area (Å²) in [6.07, 6.45) is -3.58. The maximum Gasteiger partial charge on any atom is 0.401 e. The van der Waals surface area contributed by atoms with Crippen molar-refractivity contribution in [3.05, 3.63) is 16.1 Å². The van der Waals surface area contributed by atoms with Gasteiger partial charge < -0.3 is 10.2 Å². The van der Waals surface area contributed by atoms with Gasteiger partial charge in [0.2, 0.25) is 0 Å². The van der Waals surface area contributed by atoms with Gasteiger partial charge in [-0.25, -0.2) is 4.98 Å². The zero-order valence-corrected chi connectivity index (χ0v) is 18.2. The summed E-state index contributed by atoms with van der Waals surface area (Å²) in [6, 6.07) is 0. The molecule has 0 spiro atoms. The van der Waals surface area contributed by atoms with Crippen molar-refractivity contribution in [3.8, 4) is 0 Å². The molecule has 25 heavy (non-hydrogen) atoms. The molecule has 5 nitrogen and oxygen atoms in total. The molecular weight excluding hydrogens is 466 g/mol. The second kappa shape index (κ2) is 11.9. The Morgan fingerprint density at radius 3 is 2.56 bits per heavy atom. The van der Waals surface area contributed by atoms with Gasteiger partial charge in [-0.3, -0.25) is 9.89 Å². The molecule has 0 radical (unpaired) electrons. The molecule has 1 N–H and O–H groups in total. The van der Waals surface area contributed by atoms with Gasteiger partial charge in [-0.05, 0) is 33.9 Å². The second-order valence-corrected chi connectivity index (χ2v) is 6.72. The molecule has 0 saturated carbocycles. The Labute approximate surface area is 168 Å². The molecule has 0 unspecified atom stereocenters. The van der Waals surface area contributed by atoms with Crippen molar-refractivity contribution in [3.63, 3.8) is 0 Å². The lowest BCUT2D eigenvalue weighted by Crippen LogP contribution is -2.38. The predicted molar refractivity (Wildman–Crippen MR) is 108 cm³/mol. The van der Waals surface area contributed by atoms with E-state index >= 15 is 0 Å². The number of aliphatic imine (C=N–C) groups is 1. The number of halogens is 4. The lowest BCUT2D eigenvalue weighted by atomic mass is 10.4. The molecule has 146 valence electrons. The molecule has 0 fully saturated rings. The van der Waals surface area contributed by atoms with Gasteiger partial charge in [0.15, 0.2) is 5.96 Å². The van der Waals surface area contributed by atoms with E-state index < -0.39 is 12.7 Å². The number of alkyl halides is 3. The minimum Gasteiger partial charge on any atom is -0.357 e. The third-order valence-electron chi connectivity index (χ3n) is 3.17. The van der Waals surface area contributed by atoms with Crippen LogP contribution in [0.1, 0.15) is 24.0 Å². The van der Waals surface area contributed by atoms with E-state index in [1.54, 1.807) is 11.3 Å². The van der Waals surface area contributed by atoms with Crippen molar-refractivity contribution in [2.45, 2.75) is 33.0 Å². The Morgan fingerprint density at radius 1 is 1.36 bits per heavy atom. The van der Waals surface area contributed by atoms with Gasteiger partial charge in [0.25, 0.3) is 0 Å². The van der Waals surface area contributed by atoms with E-state index in [1.165, 1.54) is 11.9 Å². The highest BCUT2D eigenvalue weighted by atomic mass is 127. The number of aromatic nitrogens is 1. The molecule has 0 aliphatic heterocycles. The molecule has 10 heteroatoms. The van der Waals surface area contributed by atoms with Gasteiger partial charge in [-0.1, -0.05) is 0 Å². The smallest absolute Gasteiger partial charge is 0.357 e. The van der Waals surface area contributed by atoms with Crippen LogP contribution in [0.2, 0.25) is 0 Å². The highest BCUT2D eigenvalue weighted by molar-refractivity contribution is 14.0. The van der Waals surface area contributed by atoms with Crippen molar-refractivity contribution < 1.29 is 13.2 Å². The van der Waals surface area contributed by atoms with Gasteiger partial charge in [0.05, 0.1) is 23.8 Å². The number of hydrogen-bond acceptors (Lipinski definition) is 4. The number of hydrogen-bond donors (Lipinski definition) is 1. The fraction of sp³-hybridized carbons (Fsp3) is 0.733. The summed E-state index contributed by atoms with van der Waals surface area (Å²) in [7, 11) is 3.39. The Balaban J connectivity index is 0.00000576. The first-order valence-corrected chi connectivity index (χ1v) is 8.75. The van der Waals surface area contributed by atoms with Crippen LogP contribution in [0.15, 0.2) is 10.4 Å². The minimum absolute atomic E-state index is 0. The van der Waals surface area contributed by atoms with Crippen LogP contribution in [0.4, 0.5) is 13.2 Å². The summed E-state index contributed by atoms with van der Waals surface area (Å²) < 4.78 is 36.8. The summed E-state index contributed by atoms with van der Waals surface area (Å²) in [5.41, 5.74) is 0.982. The molecule has 0 aromatic carbocycles. The topological polar surface area (TPSA) is 43.8 Å². The van der Waals surface area contributed by atoms with Crippen molar-refractivity contribution in [1.82, 2.24) is 20.1 Å². The third-order valence-corrected chi connectivity index (χ3v) is 3.99. The van der Waals surface area contributed by atoms with E-state index in [0.717, 1.165) is 23.2 Å². The molecule has 1 aromatic rings. The van der Waals surface area contributed by atoms with E-state index in [9.17, 15) is 13.2 Å². The van der Waals surface area contributed by atoms with Crippen LogP contribution in [0, 0.1) is 6.92 Å². The fourth-order valence-electron chi connectivity index (χ4n) is 2.18. The largest absolute Gasteiger partial charge is 0.401 e. The monoisotopic (exact) mass is 493 g/mol. The zero-order chi connectivity index (χ0) is 18.2. The van der Waals surface area contributed by atoms with Gasteiger partial charge in [0, 0.05) is 25.5 Å². The van der Waals surface area contributed by atoms with E-state index in [1.807, 2.05) is 31.2 Å². The van der Waals surface area contributed by atoms with E-state index in [2.05, 4.69) is 15.3 Å². The molecular formula is C15H27F3IN5S. The number of nitrogens with zero attached hydrogens (tertiary/aromatic N) is 4. The standard InChI is InChI=1S/C15H26F3N5S.HI/c1-5-19-14(23(4)9-13-10-24-12(2)21-13)20-7-6-8-22(3)11-15(16,17)18;/h10H,5-9,11H2,1-4H3,(H,19,20);1H. The van der Waals surface area contributed by atoms with Gasteiger partial charge in [0.1, 0.15) is 0 Å². The number of rotatable bonds is 8. The van der Waals surface area contributed by atoms with Crippen LogP contribution in [0.5, 0.6) is 0 Å². The quantitative estimate of drug-likeness (QED) is 0.261. The highest BCUT2D eigenvalue weighted by Gasteiger charge is 2.28. The molecule has 0 amide bonds. The van der Waals surface area contributed by atoms with Crippen molar-refractivity contribution in [1.29, 1.82) is 0 Å². The fourth-order valence-corrected chi connectivity index (χ4v) is 2.78. The molecule has 1 heterocycles. The lowest BCUT2D eigenvalue weighted by Gasteiger charge is -2.21. The van der Waals surface area contributed by atoms with E-state index in [0.29, 0.717) is 26.1 Å². The average molecular weight is 493 g/mol. The first kappa shape index (κ1) is 24.4. The van der Waals surface area contributed by atoms with E-state index in [4.69, 9.17) is 0 Å². The number of guanidine groups is 1. The molecule has 0 aliphatic rings. The minimum atomic E-state index is -4.15. The van der Waals surface area contributed by atoms with Gasteiger partial charge >= 0.3 is 6.18 Å². The first-order valence-electron chi connectivity index (χ1n) is 7.87. The first-order chi connectivity index (χ1) is 11.2. The zero-order valence-electron chi connectivity index (χ0n) is 15.1. The molecule has 0 bridgehead atoms. The molecule has 1 rings (SSSR count).